The van der Waals surface area contributed by atoms with Crippen LogP contribution in [0.2, 0.25) is 0 Å². The third kappa shape index (κ3) is 1.21. The van der Waals surface area contributed by atoms with Gasteiger partial charge in [-0.15, -0.1) is 0 Å². The van der Waals surface area contributed by atoms with Crippen molar-refractivity contribution in [3.8, 4) is 11.5 Å². The number of aryl methyl sites for hydroxylation is 1. The van der Waals surface area contributed by atoms with Gasteiger partial charge in [0.2, 0.25) is 0 Å². The number of phenols is 1. The predicted octanol–water partition coefficient (Wildman–Crippen LogP) is 1.71. The van der Waals surface area contributed by atoms with Crippen molar-refractivity contribution in [2.45, 2.75) is 6.92 Å². The summed E-state index contributed by atoms with van der Waals surface area (Å²) in [5.74, 6) is 1.08. The van der Waals surface area contributed by atoms with Crippen LogP contribution in [0.15, 0.2) is 18.2 Å². The van der Waals surface area contributed by atoms with Gasteiger partial charge in [-0.3, -0.25) is 0 Å². The Balaban J connectivity index is 3.07. The second kappa shape index (κ2) is 2.60. The molecule has 1 aromatic carbocycles. The fourth-order valence-electron chi connectivity index (χ4n) is 0.863. The number of hydrogen-bond donors (Lipinski definition) is 1. The van der Waals surface area contributed by atoms with Gasteiger partial charge in [-0.1, -0.05) is 0 Å². The van der Waals surface area contributed by atoms with Crippen molar-refractivity contribution in [3.63, 3.8) is 0 Å². The maximum atomic E-state index is 8.98. The van der Waals surface area contributed by atoms with Gasteiger partial charge >= 0.3 is 0 Å². The van der Waals surface area contributed by atoms with Gasteiger partial charge in [0.1, 0.15) is 11.5 Å². The number of rotatable bonds is 1. The molecule has 1 rings (SSSR count). The van der Waals surface area contributed by atoms with Crippen LogP contribution in [-0.2, 0) is 0 Å². The van der Waals surface area contributed by atoms with E-state index in [1.165, 1.54) is 0 Å². The van der Waals surface area contributed by atoms with Gasteiger partial charge in [0.05, 0.1) is 7.11 Å². The Hall–Kier alpha value is -1.18. The SMILES string of the molecule is COc1ccc(O)cc1C. The summed E-state index contributed by atoms with van der Waals surface area (Å²) in [7, 11) is 1.61. The molecule has 0 heterocycles. The molecule has 0 aliphatic carbocycles. The molecule has 2 heteroatoms. The summed E-state index contributed by atoms with van der Waals surface area (Å²) >= 11 is 0. The summed E-state index contributed by atoms with van der Waals surface area (Å²) < 4.78 is 4.99. The molecule has 0 aromatic heterocycles. The zero-order valence-corrected chi connectivity index (χ0v) is 6.09. The number of aromatic hydroxyl groups is 1. The van der Waals surface area contributed by atoms with E-state index in [2.05, 4.69) is 0 Å². The molecule has 1 aromatic rings. The molecule has 0 aliphatic rings. The lowest BCUT2D eigenvalue weighted by atomic mass is 10.2. The molecule has 0 atom stereocenters. The summed E-state index contributed by atoms with van der Waals surface area (Å²) in [4.78, 5) is 0. The van der Waals surface area contributed by atoms with Crippen LogP contribution < -0.4 is 4.74 Å². The van der Waals surface area contributed by atoms with Crippen LogP contribution in [0.5, 0.6) is 11.5 Å². The fraction of sp³-hybridized carbons (Fsp3) is 0.250. The standard InChI is InChI=1S/C8H10O2/c1-6-5-7(9)3-4-8(6)10-2/h3-5,9H,1-2H3. The third-order valence-corrected chi connectivity index (χ3v) is 1.38. The Bertz CT molecular complexity index is 231. The number of phenolic OH excluding ortho intramolecular Hbond substituents is 1. The van der Waals surface area contributed by atoms with Gasteiger partial charge in [0.15, 0.2) is 0 Å². The maximum absolute atomic E-state index is 8.98. The van der Waals surface area contributed by atoms with E-state index in [0.717, 1.165) is 11.3 Å². The van der Waals surface area contributed by atoms with E-state index in [1.54, 1.807) is 25.3 Å². The molecule has 2 nitrogen and oxygen atoms in total. The van der Waals surface area contributed by atoms with Crippen molar-refractivity contribution in [2.75, 3.05) is 7.11 Å². The van der Waals surface area contributed by atoms with Crippen LogP contribution in [-0.4, -0.2) is 12.2 Å². The van der Waals surface area contributed by atoms with Crippen molar-refractivity contribution >= 4 is 0 Å². The molecule has 0 radical (unpaired) electrons. The van der Waals surface area contributed by atoms with Gasteiger partial charge in [0, 0.05) is 0 Å². The van der Waals surface area contributed by atoms with Crippen LogP contribution in [0.4, 0.5) is 0 Å². The molecule has 0 saturated carbocycles. The van der Waals surface area contributed by atoms with E-state index < -0.39 is 0 Å². The quantitative estimate of drug-likeness (QED) is 0.640. The highest BCUT2D eigenvalue weighted by atomic mass is 16.5. The minimum atomic E-state index is 0.276. The number of benzene rings is 1. The van der Waals surface area contributed by atoms with Crippen molar-refractivity contribution < 1.29 is 9.84 Å². The van der Waals surface area contributed by atoms with Gasteiger partial charge in [-0.2, -0.15) is 0 Å². The average molecular weight is 138 g/mol. The lowest BCUT2D eigenvalue weighted by Gasteiger charge is -2.02. The minimum Gasteiger partial charge on any atom is -0.508 e. The summed E-state index contributed by atoms with van der Waals surface area (Å²) in [6, 6.07) is 5.01. The molecule has 0 saturated heterocycles. The highest BCUT2D eigenvalue weighted by Gasteiger charge is 1.96. The highest BCUT2D eigenvalue weighted by Crippen LogP contribution is 2.21. The zero-order chi connectivity index (χ0) is 7.56. The summed E-state index contributed by atoms with van der Waals surface area (Å²) in [5, 5.41) is 8.98. The third-order valence-electron chi connectivity index (χ3n) is 1.38. The summed E-state index contributed by atoms with van der Waals surface area (Å²) in [6.07, 6.45) is 0. The molecule has 1 N–H and O–H groups in total. The highest BCUT2D eigenvalue weighted by molar-refractivity contribution is 5.38. The second-order valence-corrected chi connectivity index (χ2v) is 2.15. The van der Waals surface area contributed by atoms with Gasteiger partial charge in [-0.05, 0) is 30.7 Å². The van der Waals surface area contributed by atoms with E-state index in [-0.39, 0.29) is 5.75 Å². The molecule has 0 bridgehead atoms. The first-order valence-electron chi connectivity index (χ1n) is 3.07. The van der Waals surface area contributed by atoms with E-state index in [9.17, 15) is 0 Å². The zero-order valence-electron chi connectivity index (χ0n) is 6.09. The largest absolute Gasteiger partial charge is 0.508 e. The van der Waals surface area contributed by atoms with Crippen molar-refractivity contribution in [1.29, 1.82) is 0 Å². The second-order valence-electron chi connectivity index (χ2n) is 2.15. The van der Waals surface area contributed by atoms with Crippen LogP contribution in [0.3, 0.4) is 0 Å². The summed E-state index contributed by atoms with van der Waals surface area (Å²) in [5.41, 5.74) is 0.947. The molecule has 54 valence electrons. The van der Waals surface area contributed by atoms with E-state index in [0.29, 0.717) is 0 Å². The van der Waals surface area contributed by atoms with Crippen molar-refractivity contribution in [3.05, 3.63) is 23.8 Å². The predicted molar refractivity (Wildman–Crippen MR) is 39.4 cm³/mol. The minimum absolute atomic E-state index is 0.276. The Morgan fingerprint density at radius 3 is 2.60 bits per heavy atom. The lowest BCUT2D eigenvalue weighted by molar-refractivity contribution is 0.409. The Morgan fingerprint density at radius 1 is 1.40 bits per heavy atom. The number of ether oxygens (including phenoxy) is 1. The molecule has 0 unspecified atom stereocenters. The molecular weight excluding hydrogens is 128 g/mol. The first-order chi connectivity index (χ1) is 4.74. The average Bonchev–Trinajstić information content (AvgIpc) is 1.88. The Kier molecular flexibility index (Phi) is 1.81. The van der Waals surface area contributed by atoms with Crippen LogP contribution >= 0.6 is 0 Å². The monoisotopic (exact) mass is 138 g/mol. The molecule has 0 amide bonds. The van der Waals surface area contributed by atoms with E-state index in [1.807, 2.05) is 6.92 Å². The Labute approximate surface area is 60.1 Å². The molecule has 0 fully saturated rings. The van der Waals surface area contributed by atoms with Gasteiger partial charge < -0.3 is 9.84 Å². The van der Waals surface area contributed by atoms with Gasteiger partial charge in [-0.25, -0.2) is 0 Å². The topological polar surface area (TPSA) is 29.5 Å². The van der Waals surface area contributed by atoms with E-state index in [4.69, 9.17) is 9.84 Å². The summed E-state index contributed by atoms with van der Waals surface area (Å²) in [6.45, 7) is 1.89. The van der Waals surface area contributed by atoms with Gasteiger partial charge in [0.25, 0.3) is 0 Å². The molecule has 0 aliphatic heterocycles. The van der Waals surface area contributed by atoms with Crippen LogP contribution in [0, 0.1) is 6.92 Å². The fourth-order valence-corrected chi connectivity index (χ4v) is 0.863. The van der Waals surface area contributed by atoms with Crippen LogP contribution in [0.1, 0.15) is 5.56 Å². The maximum Gasteiger partial charge on any atom is 0.122 e. The first kappa shape index (κ1) is 6.93. The lowest BCUT2D eigenvalue weighted by Crippen LogP contribution is -1.84. The smallest absolute Gasteiger partial charge is 0.122 e. The Morgan fingerprint density at radius 2 is 2.10 bits per heavy atom. The van der Waals surface area contributed by atoms with Crippen molar-refractivity contribution in [1.82, 2.24) is 0 Å². The van der Waals surface area contributed by atoms with E-state index >= 15 is 0 Å². The number of methoxy groups -OCH3 is 1. The normalized spacial score (nSPS) is 9.40. The molecule has 10 heavy (non-hydrogen) atoms. The van der Waals surface area contributed by atoms with Crippen LogP contribution in [0.25, 0.3) is 0 Å². The number of hydrogen-bond acceptors (Lipinski definition) is 2. The molecular formula is C8H10O2. The molecule has 0 spiro atoms. The first-order valence-corrected chi connectivity index (χ1v) is 3.07. The van der Waals surface area contributed by atoms with Crippen molar-refractivity contribution in [2.24, 2.45) is 0 Å².